The van der Waals surface area contributed by atoms with Gasteiger partial charge in [0.2, 0.25) is 12.0 Å². The molecule has 11 rings (SSSR count). The van der Waals surface area contributed by atoms with Crippen LogP contribution in [0.3, 0.4) is 0 Å². The highest BCUT2D eigenvalue weighted by molar-refractivity contribution is 7.22. The number of piperazine rings is 1. The van der Waals surface area contributed by atoms with E-state index in [0.717, 1.165) is 31.8 Å². The number of allylic oxidation sites excluding steroid dienone is 2. The molecule has 4 aliphatic heterocycles. The van der Waals surface area contributed by atoms with Gasteiger partial charge in [0, 0.05) is 67.8 Å². The Morgan fingerprint density at radius 1 is 0.959 bits per heavy atom. The number of alkyl halides is 1. The van der Waals surface area contributed by atoms with E-state index in [1.54, 1.807) is 42.6 Å². The van der Waals surface area contributed by atoms with Crippen molar-refractivity contribution in [1.29, 1.82) is 0 Å². The zero-order chi connectivity index (χ0) is 51.5. The number of carboxylic acid groups (broad SMARTS) is 1. The number of rotatable bonds is 12. The fraction of sp³-hybridized carbons (Fsp3) is 0.426. The normalized spacial score (nSPS) is 21.8. The van der Waals surface area contributed by atoms with Gasteiger partial charge < -0.3 is 43.2 Å². The van der Waals surface area contributed by atoms with Gasteiger partial charge in [0.1, 0.15) is 59.6 Å². The molecule has 3 aromatic heterocycles. The van der Waals surface area contributed by atoms with Crippen LogP contribution in [0.1, 0.15) is 47.5 Å². The lowest BCUT2D eigenvalue weighted by atomic mass is 9.87. The number of nitrogens with zero attached hydrogens (tertiary/aromatic N) is 6. The number of thiophene rings is 1. The Morgan fingerprint density at radius 2 is 1.76 bits per heavy atom. The van der Waals surface area contributed by atoms with Gasteiger partial charge in [0.25, 0.3) is 0 Å². The van der Waals surface area contributed by atoms with E-state index in [-0.39, 0.29) is 67.7 Å². The Bertz CT molecular complexity index is 3020. The molecule has 7 heterocycles. The highest BCUT2D eigenvalue weighted by atomic mass is 35.5. The highest BCUT2D eigenvalue weighted by Crippen LogP contribution is 2.53. The minimum Gasteiger partial charge on any atom is -0.490 e. The van der Waals surface area contributed by atoms with E-state index < -0.39 is 29.7 Å². The van der Waals surface area contributed by atoms with Crippen LogP contribution >= 0.6 is 34.5 Å². The van der Waals surface area contributed by atoms with E-state index in [9.17, 15) is 14.3 Å². The molecule has 20 heteroatoms. The molecule has 4 bridgehead atoms. The predicted molar refractivity (Wildman–Crippen MR) is 277 cm³/mol. The van der Waals surface area contributed by atoms with Crippen molar-refractivity contribution in [3.8, 4) is 44.7 Å². The predicted octanol–water partition coefficient (Wildman–Crippen LogP) is 9.63. The second-order valence-electron chi connectivity index (χ2n) is 19.2. The maximum atomic E-state index is 15.8. The molecule has 0 saturated carbocycles. The van der Waals surface area contributed by atoms with Gasteiger partial charge in [-0.1, -0.05) is 41.4 Å². The third kappa shape index (κ3) is 11.6. The molecule has 5 aliphatic rings. The second-order valence-corrected chi connectivity index (χ2v) is 20.9. The van der Waals surface area contributed by atoms with E-state index in [1.165, 1.54) is 29.8 Å². The Balaban J connectivity index is 0.982. The Morgan fingerprint density at radius 3 is 2.49 bits per heavy atom. The number of hydrogen-bond acceptors (Lipinski definition) is 15. The average Bonchev–Trinajstić information content (AvgIpc) is 3.79. The monoisotopic (exact) mass is 1070 g/mol. The second kappa shape index (κ2) is 22.7. The van der Waals surface area contributed by atoms with E-state index in [2.05, 4.69) is 31.8 Å². The van der Waals surface area contributed by atoms with Gasteiger partial charge >= 0.3 is 5.97 Å². The van der Waals surface area contributed by atoms with Crippen LogP contribution in [0.5, 0.6) is 23.1 Å². The van der Waals surface area contributed by atoms with Crippen molar-refractivity contribution in [2.24, 2.45) is 0 Å². The van der Waals surface area contributed by atoms with Crippen LogP contribution in [0.4, 0.5) is 8.78 Å². The lowest BCUT2D eigenvalue weighted by Gasteiger charge is -2.35. The molecular formula is C54H56Cl2F2N6O9S. The quantitative estimate of drug-likeness (QED) is 0.123. The van der Waals surface area contributed by atoms with Gasteiger partial charge in [0.05, 0.1) is 54.2 Å². The van der Waals surface area contributed by atoms with E-state index in [4.69, 9.17) is 61.3 Å². The molecule has 1 N–H and O–H groups in total. The largest absolute Gasteiger partial charge is 0.490 e. The maximum absolute atomic E-state index is 15.8. The fourth-order valence-corrected chi connectivity index (χ4v) is 11.4. The molecule has 390 valence electrons. The smallest absolute Gasteiger partial charge is 0.345 e. The van der Waals surface area contributed by atoms with Crippen molar-refractivity contribution in [1.82, 2.24) is 29.7 Å². The van der Waals surface area contributed by atoms with Crippen LogP contribution in [0.25, 0.3) is 37.4 Å². The number of ether oxygens (including phenoxy) is 7. The first-order valence-electron chi connectivity index (χ1n) is 24.6. The van der Waals surface area contributed by atoms with Crippen LogP contribution in [-0.2, 0) is 32.0 Å². The average molecular weight is 1070 g/mol. The fourth-order valence-electron chi connectivity index (χ4n) is 9.71. The van der Waals surface area contributed by atoms with Crippen molar-refractivity contribution in [3.05, 3.63) is 111 Å². The van der Waals surface area contributed by atoms with Gasteiger partial charge in [-0.05, 0) is 98.0 Å². The molecule has 0 unspecified atom stereocenters. The van der Waals surface area contributed by atoms with Crippen molar-refractivity contribution in [3.63, 3.8) is 0 Å². The Hall–Kier alpha value is -5.57. The Kier molecular flexibility index (Phi) is 15.9. The molecule has 2 saturated heterocycles. The summed E-state index contributed by atoms with van der Waals surface area (Å²) >= 11 is 16.0. The van der Waals surface area contributed by atoms with Crippen molar-refractivity contribution in [2.45, 2.75) is 70.1 Å². The van der Waals surface area contributed by atoms with Gasteiger partial charge in [-0.3, -0.25) is 4.90 Å². The zero-order valence-electron chi connectivity index (χ0n) is 41.2. The number of aromatic nitrogens is 4. The zero-order valence-corrected chi connectivity index (χ0v) is 43.5. The first-order valence-corrected chi connectivity index (χ1v) is 26.2. The summed E-state index contributed by atoms with van der Waals surface area (Å²) < 4.78 is 73.4. The maximum Gasteiger partial charge on any atom is 0.345 e. The van der Waals surface area contributed by atoms with Crippen LogP contribution in [0, 0.1) is 19.7 Å². The number of carboxylic acids is 1. The molecule has 0 radical (unpaired) electrons. The molecule has 2 fully saturated rings. The van der Waals surface area contributed by atoms with Gasteiger partial charge in [-0.2, -0.15) is 0 Å². The summed E-state index contributed by atoms with van der Waals surface area (Å²) in [6.45, 7) is 9.42. The number of aliphatic carboxylic acids is 1. The van der Waals surface area contributed by atoms with Crippen molar-refractivity contribution >= 4 is 56.3 Å². The third-order valence-electron chi connectivity index (χ3n) is 13.8. The minimum atomic E-state index is -1.53. The van der Waals surface area contributed by atoms with Gasteiger partial charge in [0.15, 0.2) is 11.6 Å². The number of likely N-dealkylation sites (N-methyl/N-ethyl adjacent to an activating group) is 1. The molecule has 15 nitrogen and oxygen atoms in total. The van der Waals surface area contributed by atoms with Crippen LogP contribution in [0.2, 0.25) is 10.0 Å². The summed E-state index contributed by atoms with van der Waals surface area (Å²) in [7, 11) is 2.09. The molecule has 1 aliphatic carbocycles. The molecule has 4 atom stereocenters. The SMILES string of the molecule is Cc1c(Cl)c2c(Cl)c(C)c1-c1c(-c3ccc(F)cc3)sc3ncnc(c13)O[C@@H](C(=O)O)Cc1cc(ccc1OCc1ccnc(C3=CC[C@](F)(COC[C@@H]4COCCO4)CC3)n1)OC[C@@H](CN1CCN(C)CC1)O2. The summed E-state index contributed by atoms with van der Waals surface area (Å²) in [6, 6.07) is 13.0. The standard InChI is InChI=1S/C54H56Cl2F2N6O9S/c1-31-43-32(2)47(56)48(46(31)55)72-39(24-64-18-16-63(3)17-19-64)28-70-38-8-9-41(71-25-37-12-15-59-50(62-37)34-10-13-54(58,14-11-34)29-68-27-40-26-67-20-21-69-40)35(22-38)23-42(53(65)66)73-51-45-44(43)49(74-52(45)61-30-60-51)33-4-6-36(57)7-5-33/h4-10,12,15,22,30,39-40,42H,11,13-14,16-21,23-29H2,1-3H3,(H,65,66)/t39-,40+,42-,54-/m1/s1. The lowest BCUT2D eigenvalue weighted by molar-refractivity contribution is -0.145. The van der Waals surface area contributed by atoms with E-state index in [0.29, 0.717) is 110 Å². The van der Waals surface area contributed by atoms with Crippen LogP contribution in [0.15, 0.2) is 67.1 Å². The summed E-state index contributed by atoms with van der Waals surface area (Å²) in [5.74, 6) is -0.0951. The third-order valence-corrected chi connectivity index (χ3v) is 15.9. The van der Waals surface area contributed by atoms with Crippen molar-refractivity contribution in [2.75, 3.05) is 79.4 Å². The summed E-state index contributed by atoms with van der Waals surface area (Å²) in [5, 5.41) is 11.9. The first kappa shape index (κ1) is 51.9. The number of halogens is 4. The van der Waals surface area contributed by atoms with E-state index in [1.807, 2.05) is 19.9 Å². The van der Waals surface area contributed by atoms with E-state index >= 15 is 4.39 Å². The molecule has 3 aromatic carbocycles. The first-order chi connectivity index (χ1) is 35.8. The van der Waals surface area contributed by atoms with Crippen LogP contribution in [-0.4, -0.2) is 144 Å². The summed E-state index contributed by atoms with van der Waals surface area (Å²) in [4.78, 5) is 37.7. The highest BCUT2D eigenvalue weighted by Gasteiger charge is 2.35. The van der Waals surface area contributed by atoms with Crippen molar-refractivity contribution < 1.29 is 51.8 Å². The van der Waals surface area contributed by atoms with Gasteiger partial charge in [-0.25, -0.2) is 33.5 Å². The minimum absolute atomic E-state index is 0.00220. The molecule has 74 heavy (non-hydrogen) atoms. The molecular weight excluding hydrogens is 1020 g/mol. The topological polar surface area (TPSA) is 160 Å². The Labute approximate surface area is 441 Å². The number of benzene rings is 3. The number of fused-ring (bicyclic) bond motifs is 7. The lowest BCUT2D eigenvalue weighted by Crippen LogP contribution is -2.49. The number of hydrogen-bond donors (Lipinski definition) is 1. The number of carbonyl (C=O) groups is 1. The molecule has 6 aromatic rings. The summed E-state index contributed by atoms with van der Waals surface area (Å²) in [6.07, 6.45) is 3.16. The molecule has 0 spiro atoms. The molecule has 0 amide bonds. The summed E-state index contributed by atoms with van der Waals surface area (Å²) in [5.41, 5.74) is 3.51. The van der Waals surface area contributed by atoms with Gasteiger partial charge in [-0.15, -0.1) is 11.3 Å². The van der Waals surface area contributed by atoms with Crippen LogP contribution < -0.4 is 18.9 Å².